The Morgan fingerprint density at radius 2 is 2.19 bits per heavy atom. The molecule has 0 bridgehead atoms. The number of nitrogen functional groups attached to an aromatic ring is 1. The summed E-state index contributed by atoms with van der Waals surface area (Å²) in [5, 5.41) is 4.83. The zero-order valence-electron chi connectivity index (χ0n) is 12.3. The van der Waals surface area contributed by atoms with Crippen LogP contribution in [-0.4, -0.2) is 15.7 Å². The van der Waals surface area contributed by atoms with Crippen molar-refractivity contribution in [2.45, 2.75) is 26.9 Å². The number of carbonyl (C=O) groups is 1. The lowest BCUT2D eigenvalue weighted by molar-refractivity contribution is 0.0465. The van der Waals surface area contributed by atoms with Crippen LogP contribution in [0, 0.1) is 6.92 Å². The highest BCUT2D eigenvalue weighted by Gasteiger charge is 2.17. The number of esters is 1. The van der Waals surface area contributed by atoms with E-state index in [1.165, 1.54) is 0 Å². The highest BCUT2D eigenvalue weighted by molar-refractivity contribution is 6.31. The zero-order valence-corrected chi connectivity index (χ0v) is 13.1. The Balaban J connectivity index is 2.15. The smallest absolute Gasteiger partial charge is 0.340 e. The minimum absolute atomic E-state index is 0.0640. The summed E-state index contributed by atoms with van der Waals surface area (Å²) in [6.07, 6.45) is 0.728. The van der Waals surface area contributed by atoms with E-state index in [4.69, 9.17) is 22.1 Å². The second-order valence-electron chi connectivity index (χ2n) is 4.85. The molecule has 0 unspecified atom stereocenters. The number of benzene rings is 1. The fourth-order valence-electron chi connectivity index (χ4n) is 2.04. The number of anilines is 1. The average Bonchev–Trinajstić information content (AvgIpc) is 2.73. The first-order chi connectivity index (χ1) is 9.93. The van der Waals surface area contributed by atoms with Gasteiger partial charge in [0.25, 0.3) is 0 Å². The number of aryl methyl sites for hydroxylation is 3. The first-order valence-electron chi connectivity index (χ1n) is 6.67. The summed E-state index contributed by atoms with van der Waals surface area (Å²) in [5.41, 5.74) is 8.98. The summed E-state index contributed by atoms with van der Waals surface area (Å²) in [6, 6.07) is 5.25. The van der Waals surface area contributed by atoms with E-state index in [2.05, 4.69) is 5.10 Å². The van der Waals surface area contributed by atoms with E-state index in [9.17, 15) is 4.79 Å². The van der Waals surface area contributed by atoms with Gasteiger partial charge in [0.05, 0.1) is 22.0 Å². The van der Waals surface area contributed by atoms with Crippen LogP contribution in [0.3, 0.4) is 0 Å². The highest BCUT2D eigenvalue weighted by atomic mass is 35.5. The van der Waals surface area contributed by atoms with E-state index in [0.29, 0.717) is 22.0 Å². The van der Waals surface area contributed by atoms with Crippen LogP contribution < -0.4 is 5.73 Å². The van der Waals surface area contributed by atoms with Crippen molar-refractivity contribution >= 4 is 23.3 Å². The van der Waals surface area contributed by atoms with E-state index in [1.807, 2.05) is 19.9 Å². The number of hydrogen-bond acceptors (Lipinski definition) is 4. The molecule has 1 aromatic heterocycles. The molecule has 0 saturated carbocycles. The van der Waals surface area contributed by atoms with E-state index in [-0.39, 0.29) is 6.61 Å². The van der Waals surface area contributed by atoms with Gasteiger partial charge in [0.1, 0.15) is 6.61 Å². The quantitative estimate of drug-likeness (QED) is 0.696. The largest absolute Gasteiger partial charge is 0.455 e. The third-order valence-corrected chi connectivity index (χ3v) is 3.71. The van der Waals surface area contributed by atoms with Crippen LogP contribution in [0.4, 0.5) is 5.69 Å². The normalized spacial score (nSPS) is 10.7. The standard InChI is InChI=1S/C15H18ClN3O2/c1-4-12-14(16)13(19(3)18-12)8-21-15(20)10-7-9(2)5-6-11(10)17/h5-7H,4,8,17H2,1-3H3. The van der Waals surface area contributed by atoms with Crippen LogP contribution in [0.5, 0.6) is 0 Å². The lowest BCUT2D eigenvalue weighted by atomic mass is 10.1. The van der Waals surface area contributed by atoms with Crippen LogP contribution >= 0.6 is 11.6 Å². The minimum Gasteiger partial charge on any atom is -0.455 e. The fraction of sp³-hybridized carbons (Fsp3) is 0.333. The molecule has 0 saturated heterocycles. The molecule has 1 heterocycles. The maximum atomic E-state index is 12.1. The summed E-state index contributed by atoms with van der Waals surface area (Å²) < 4.78 is 6.94. The number of carbonyl (C=O) groups excluding carboxylic acids is 1. The van der Waals surface area contributed by atoms with Crippen LogP contribution in [0.2, 0.25) is 5.02 Å². The van der Waals surface area contributed by atoms with Gasteiger partial charge in [-0.15, -0.1) is 0 Å². The molecule has 0 amide bonds. The van der Waals surface area contributed by atoms with Crippen LogP contribution in [0.25, 0.3) is 0 Å². The lowest BCUT2D eigenvalue weighted by Crippen LogP contribution is -2.10. The third-order valence-electron chi connectivity index (χ3n) is 3.27. The van der Waals surface area contributed by atoms with Crippen molar-refractivity contribution in [2.75, 3.05) is 5.73 Å². The minimum atomic E-state index is -0.466. The number of nitrogens with zero attached hydrogens (tertiary/aromatic N) is 2. The van der Waals surface area contributed by atoms with E-state index in [0.717, 1.165) is 17.7 Å². The zero-order chi connectivity index (χ0) is 15.6. The SMILES string of the molecule is CCc1nn(C)c(COC(=O)c2cc(C)ccc2N)c1Cl. The number of aromatic nitrogens is 2. The molecule has 112 valence electrons. The molecule has 0 aliphatic heterocycles. The third kappa shape index (κ3) is 3.19. The monoisotopic (exact) mass is 307 g/mol. The summed E-state index contributed by atoms with van der Waals surface area (Å²) in [7, 11) is 1.77. The molecule has 2 aromatic rings. The van der Waals surface area contributed by atoms with Crippen molar-refractivity contribution < 1.29 is 9.53 Å². The van der Waals surface area contributed by atoms with E-state index >= 15 is 0 Å². The number of nitrogens with two attached hydrogens (primary N) is 1. The van der Waals surface area contributed by atoms with Gasteiger partial charge in [0, 0.05) is 12.7 Å². The van der Waals surface area contributed by atoms with Gasteiger partial charge < -0.3 is 10.5 Å². The van der Waals surface area contributed by atoms with Gasteiger partial charge in [-0.25, -0.2) is 4.79 Å². The first-order valence-corrected chi connectivity index (χ1v) is 7.05. The molecule has 0 spiro atoms. The van der Waals surface area contributed by atoms with Crippen molar-refractivity contribution in [3.8, 4) is 0 Å². The van der Waals surface area contributed by atoms with Crippen molar-refractivity contribution in [1.82, 2.24) is 9.78 Å². The van der Waals surface area contributed by atoms with Gasteiger partial charge in [-0.05, 0) is 25.5 Å². The number of ether oxygens (including phenoxy) is 1. The lowest BCUT2D eigenvalue weighted by Gasteiger charge is -2.08. The van der Waals surface area contributed by atoms with Gasteiger partial charge in [0.2, 0.25) is 0 Å². The Hall–Kier alpha value is -2.01. The van der Waals surface area contributed by atoms with Crippen LogP contribution in [0.1, 0.15) is 34.2 Å². The molecule has 0 aliphatic rings. The predicted molar refractivity (Wildman–Crippen MR) is 82.3 cm³/mol. The Morgan fingerprint density at radius 1 is 1.48 bits per heavy atom. The molecule has 21 heavy (non-hydrogen) atoms. The molecule has 0 fully saturated rings. The van der Waals surface area contributed by atoms with Crippen molar-refractivity contribution in [2.24, 2.45) is 7.05 Å². The molecule has 2 rings (SSSR count). The highest BCUT2D eigenvalue weighted by Crippen LogP contribution is 2.22. The molecule has 2 N–H and O–H groups in total. The number of hydrogen-bond donors (Lipinski definition) is 1. The average molecular weight is 308 g/mol. The molecule has 5 nitrogen and oxygen atoms in total. The maximum Gasteiger partial charge on any atom is 0.340 e. The molecule has 0 atom stereocenters. The number of halogens is 1. The Labute approximate surface area is 128 Å². The Morgan fingerprint density at radius 3 is 2.81 bits per heavy atom. The molecule has 6 heteroatoms. The summed E-state index contributed by atoms with van der Waals surface area (Å²) in [6.45, 7) is 3.92. The fourth-order valence-corrected chi connectivity index (χ4v) is 2.38. The van der Waals surface area contributed by atoms with Gasteiger partial charge in [-0.3, -0.25) is 4.68 Å². The maximum absolute atomic E-state index is 12.1. The predicted octanol–water partition coefficient (Wildman–Crippen LogP) is 2.88. The van der Waals surface area contributed by atoms with Crippen LogP contribution in [0.15, 0.2) is 18.2 Å². The van der Waals surface area contributed by atoms with E-state index < -0.39 is 5.97 Å². The first kappa shape index (κ1) is 15.4. The summed E-state index contributed by atoms with van der Waals surface area (Å²) >= 11 is 6.22. The second kappa shape index (κ2) is 6.18. The van der Waals surface area contributed by atoms with Crippen molar-refractivity contribution in [3.63, 3.8) is 0 Å². The van der Waals surface area contributed by atoms with Crippen molar-refractivity contribution in [3.05, 3.63) is 45.7 Å². The molecule has 0 aliphatic carbocycles. The van der Waals surface area contributed by atoms with Gasteiger partial charge in [-0.2, -0.15) is 5.10 Å². The molecular formula is C15H18ClN3O2. The van der Waals surface area contributed by atoms with Gasteiger partial charge in [-0.1, -0.05) is 30.2 Å². The topological polar surface area (TPSA) is 70.1 Å². The Kier molecular flexibility index (Phi) is 4.53. The van der Waals surface area contributed by atoms with E-state index in [1.54, 1.807) is 23.9 Å². The van der Waals surface area contributed by atoms with Gasteiger partial charge in [0.15, 0.2) is 0 Å². The summed E-state index contributed by atoms with van der Waals surface area (Å²) in [5.74, 6) is -0.466. The second-order valence-corrected chi connectivity index (χ2v) is 5.23. The Bertz CT molecular complexity index is 680. The number of rotatable bonds is 4. The van der Waals surface area contributed by atoms with Crippen molar-refractivity contribution in [1.29, 1.82) is 0 Å². The molecule has 1 aromatic carbocycles. The molecular weight excluding hydrogens is 290 g/mol. The molecule has 0 radical (unpaired) electrons. The van der Waals surface area contributed by atoms with Crippen LogP contribution in [-0.2, 0) is 24.8 Å². The van der Waals surface area contributed by atoms with Gasteiger partial charge >= 0.3 is 5.97 Å². The summed E-state index contributed by atoms with van der Waals surface area (Å²) in [4.78, 5) is 12.1.